The maximum Gasteiger partial charge on any atom is 0.306 e. The Morgan fingerprint density at radius 2 is 2.00 bits per heavy atom. The predicted octanol–water partition coefficient (Wildman–Crippen LogP) is 2.79. The quantitative estimate of drug-likeness (QED) is 0.644. The van der Waals surface area contributed by atoms with Crippen LogP contribution in [0.3, 0.4) is 0 Å². The molecule has 114 valence electrons. The Bertz CT molecular complexity index is 556. The summed E-state index contributed by atoms with van der Waals surface area (Å²) in [5, 5.41) is 22.1. The van der Waals surface area contributed by atoms with Crippen LogP contribution in [0.15, 0.2) is 12.1 Å². The molecule has 0 bridgehead atoms. The van der Waals surface area contributed by atoms with Crippen LogP contribution >= 0.6 is 0 Å². The molecule has 0 amide bonds. The molecule has 0 saturated heterocycles. The van der Waals surface area contributed by atoms with Crippen molar-refractivity contribution in [1.29, 1.82) is 0 Å². The van der Waals surface area contributed by atoms with Gasteiger partial charge < -0.3 is 10.4 Å². The second-order valence-corrected chi connectivity index (χ2v) is 5.06. The Hall–Kier alpha value is -2.25. The van der Waals surface area contributed by atoms with Gasteiger partial charge in [-0.15, -0.1) is 0 Å². The van der Waals surface area contributed by atoms with Crippen LogP contribution in [0.5, 0.6) is 0 Å². The first-order valence-electron chi connectivity index (χ1n) is 6.50. The molecule has 1 fully saturated rings. The molecule has 0 aliphatic heterocycles. The lowest BCUT2D eigenvalue weighted by Crippen LogP contribution is -2.25. The fraction of sp³-hybridized carbons (Fsp3) is 0.462. The van der Waals surface area contributed by atoms with E-state index in [2.05, 4.69) is 5.32 Å². The van der Waals surface area contributed by atoms with Gasteiger partial charge in [0.2, 0.25) is 0 Å². The summed E-state index contributed by atoms with van der Waals surface area (Å²) in [6.45, 7) is 0.114. The summed E-state index contributed by atoms with van der Waals surface area (Å²) in [5.74, 6) is -3.78. The van der Waals surface area contributed by atoms with E-state index in [1.165, 1.54) is 0 Å². The van der Waals surface area contributed by atoms with E-state index in [4.69, 9.17) is 5.11 Å². The summed E-state index contributed by atoms with van der Waals surface area (Å²) in [6.07, 6.45) is 1.97. The maximum atomic E-state index is 13.7. The number of benzene rings is 1. The minimum absolute atomic E-state index is 0.114. The van der Waals surface area contributed by atoms with Crippen LogP contribution in [0.4, 0.5) is 20.2 Å². The third kappa shape index (κ3) is 3.26. The van der Waals surface area contributed by atoms with Gasteiger partial charge in [0.1, 0.15) is 5.69 Å². The van der Waals surface area contributed by atoms with Crippen molar-refractivity contribution in [3.63, 3.8) is 0 Å². The highest BCUT2D eigenvalue weighted by molar-refractivity contribution is 5.70. The highest BCUT2D eigenvalue weighted by atomic mass is 19.1. The number of carboxylic acid groups (broad SMARTS) is 1. The summed E-state index contributed by atoms with van der Waals surface area (Å²) >= 11 is 0. The molecule has 2 N–H and O–H groups in total. The van der Waals surface area contributed by atoms with Gasteiger partial charge in [0.05, 0.1) is 23.0 Å². The van der Waals surface area contributed by atoms with Crippen molar-refractivity contribution in [3.05, 3.63) is 33.9 Å². The zero-order valence-corrected chi connectivity index (χ0v) is 11.0. The molecule has 1 saturated carbocycles. The molecule has 0 radical (unpaired) electrons. The molecule has 6 nitrogen and oxygen atoms in total. The van der Waals surface area contributed by atoms with Gasteiger partial charge in [0.15, 0.2) is 11.6 Å². The molecule has 0 spiro atoms. The number of nitro groups is 1. The average molecular weight is 300 g/mol. The highest BCUT2D eigenvalue weighted by Crippen LogP contribution is 2.33. The molecule has 1 aromatic carbocycles. The van der Waals surface area contributed by atoms with Gasteiger partial charge >= 0.3 is 5.97 Å². The van der Waals surface area contributed by atoms with E-state index in [1.807, 2.05) is 0 Å². The standard InChI is InChI=1S/C13H14F2N2O4/c14-10-4-8(17(20)21)5-11(15)12(10)16-6-7-2-1-3-9(7)13(18)19/h4-5,7,9,16H,1-3,6H2,(H,18,19). The maximum absolute atomic E-state index is 13.7. The first kappa shape index (κ1) is 15.1. The number of anilines is 1. The molecule has 2 unspecified atom stereocenters. The van der Waals surface area contributed by atoms with Gasteiger partial charge in [0.25, 0.3) is 5.69 Å². The summed E-state index contributed by atoms with van der Waals surface area (Å²) in [5.41, 5.74) is -1.13. The minimum atomic E-state index is -1.06. The number of carbonyl (C=O) groups is 1. The van der Waals surface area contributed by atoms with Gasteiger partial charge in [-0.2, -0.15) is 0 Å². The number of carboxylic acids is 1. The third-order valence-electron chi connectivity index (χ3n) is 3.75. The van der Waals surface area contributed by atoms with E-state index in [1.54, 1.807) is 0 Å². The Morgan fingerprint density at radius 1 is 1.38 bits per heavy atom. The van der Waals surface area contributed by atoms with Crippen LogP contribution in [0.2, 0.25) is 0 Å². The first-order valence-corrected chi connectivity index (χ1v) is 6.50. The van der Waals surface area contributed by atoms with E-state index in [0.717, 1.165) is 6.42 Å². The van der Waals surface area contributed by atoms with Crippen molar-refractivity contribution in [1.82, 2.24) is 0 Å². The lowest BCUT2D eigenvalue weighted by molar-refractivity contribution is -0.385. The molecule has 2 rings (SSSR count). The SMILES string of the molecule is O=C(O)C1CCCC1CNc1c(F)cc([N+](=O)[O-])cc1F. The molecule has 0 heterocycles. The number of hydrogen-bond donors (Lipinski definition) is 2. The average Bonchev–Trinajstić information content (AvgIpc) is 2.86. The Labute approximate surface area is 118 Å². The second kappa shape index (κ2) is 6.02. The molecule has 21 heavy (non-hydrogen) atoms. The van der Waals surface area contributed by atoms with Crippen LogP contribution < -0.4 is 5.32 Å². The number of nitro benzene ring substituents is 1. The number of hydrogen-bond acceptors (Lipinski definition) is 4. The van der Waals surface area contributed by atoms with Gasteiger partial charge in [-0.1, -0.05) is 6.42 Å². The zero-order chi connectivity index (χ0) is 15.6. The largest absolute Gasteiger partial charge is 0.481 e. The minimum Gasteiger partial charge on any atom is -0.481 e. The number of nitrogens with zero attached hydrogens (tertiary/aromatic N) is 1. The fourth-order valence-corrected chi connectivity index (χ4v) is 2.67. The lowest BCUT2D eigenvalue weighted by Gasteiger charge is -2.17. The van der Waals surface area contributed by atoms with Crippen LogP contribution in [0, 0.1) is 33.6 Å². The third-order valence-corrected chi connectivity index (χ3v) is 3.75. The first-order chi connectivity index (χ1) is 9.90. The van der Waals surface area contributed by atoms with Crippen molar-refractivity contribution >= 4 is 17.3 Å². The van der Waals surface area contributed by atoms with Gasteiger partial charge in [-0.25, -0.2) is 8.78 Å². The summed E-state index contributed by atoms with van der Waals surface area (Å²) in [6, 6.07) is 1.27. The molecule has 1 aliphatic rings. The molecule has 2 atom stereocenters. The van der Waals surface area contributed by atoms with Crippen molar-refractivity contribution < 1.29 is 23.6 Å². The van der Waals surface area contributed by atoms with E-state index >= 15 is 0 Å². The number of aliphatic carboxylic acids is 1. The topological polar surface area (TPSA) is 92.5 Å². The Kier molecular flexibility index (Phi) is 4.35. The van der Waals surface area contributed by atoms with Crippen LogP contribution in [0.1, 0.15) is 19.3 Å². The normalized spacial score (nSPS) is 21.2. The molecular weight excluding hydrogens is 286 g/mol. The Morgan fingerprint density at radius 3 is 2.52 bits per heavy atom. The van der Waals surface area contributed by atoms with E-state index < -0.39 is 39.8 Å². The van der Waals surface area contributed by atoms with Crippen molar-refractivity contribution in [2.75, 3.05) is 11.9 Å². The molecule has 8 heteroatoms. The number of halogens is 2. The van der Waals surface area contributed by atoms with Crippen molar-refractivity contribution in [2.24, 2.45) is 11.8 Å². The van der Waals surface area contributed by atoms with Crippen molar-refractivity contribution in [3.8, 4) is 0 Å². The second-order valence-electron chi connectivity index (χ2n) is 5.06. The summed E-state index contributed by atoms with van der Waals surface area (Å²) < 4.78 is 27.4. The van der Waals surface area contributed by atoms with Crippen molar-refractivity contribution in [2.45, 2.75) is 19.3 Å². The van der Waals surface area contributed by atoms with Gasteiger partial charge in [-0.3, -0.25) is 14.9 Å². The highest BCUT2D eigenvalue weighted by Gasteiger charge is 2.33. The van der Waals surface area contributed by atoms with E-state index in [9.17, 15) is 23.7 Å². The van der Waals surface area contributed by atoms with Gasteiger partial charge in [0, 0.05) is 6.54 Å². The molecular formula is C13H14F2N2O4. The fourth-order valence-electron chi connectivity index (χ4n) is 2.67. The van der Waals surface area contributed by atoms with Crippen LogP contribution in [-0.4, -0.2) is 22.5 Å². The number of non-ortho nitro benzene ring substituents is 1. The van der Waals surface area contributed by atoms with E-state index in [-0.39, 0.29) is 12.5 Å². The predicted molar refractivity (Wildman–Crippen MR) is 70.0 cm³/mol. The smallest absolute Gasteiger partial charge is 0.306 e. The van der Waals surface area contributed by atoms with Crippen LogP contribution in [-0.2, 0) is 4.79 Å². The van der Waals surface area contributed by atoms with Gasteiger partial charge in [-0.05, 0) is 18.8 Å². The monoisotopic (exact) mass is 300 g/mol. The number of nitrogens with one attached hydrogen (secondary N) is 1. The summed E-state index contributed by atoms with van der Waals surface area (Å²) in [4.78, 5) is 20.6. The lowest BCUT2D eigenvalue weighted by atomic mass is 9.96. The molecule has 1 aliphatic carbocycles. The van der Waals surface area contributed by atoms with Crippen LogP contribution in [0.25, 0.3) is 0 Å². The molecule has 1 aromatic rings. The summed E-state index contributed by atoms with van der Waals surface area (Å²) in [7, 11) is 0. The number of rotatable bonds is 5. The zero-order valence-electron chi connectivity index (χ0n) is 11.0. The van der Waals surface area contributed by atoms with E-state index in [0.29, 0.717) is 25.0 Å². The molecule has 0 aromatic heterocycles. The Balaban J connectivity index is 2.10.